The van der Waals surface area contributed by atoms with Crippen LogP contribution in [0.3, 0.4) is 0 Å². The maximum atomic E-state index is 11.2. The first-order chi connectivity index (χ1) is 7.41. The lowest BCUT2D eigenvalue weighted by atomic mass is 10.1. The van der Waals surface area contributed by atoms with Gasteiger partial charge in [0.1, 0.15) is 23.7 Å². The predicted octanol–water partition coefficient (Wildman–Crippen LogP) is 1.89. The topological polar surface area (TPSA) is 63.6 Å². The van der Waals surface area contributed by atoms with Crippen LogP contribution in [0.5, 0.6) is 11.5 Å². The second kappa shape index (κ2) is 4.79. The summed E-state index contributed by atoms with van der Waals surface area (Å²) in [6.07, 6.45) is -0.256. The van der Waals surface area contributed by atoms with Gasteiger partial charge in [-0.25, -0.2) is 0 Å². The summed E-state index contributed by atoms with van der Waals surface area (Å²) < 4.78 is 4.97. The van der Waals surface area contributed by atoms with Crippen molar-refractivity contribution in [2.24, 2.45) is 0 Å². The summed E-state index contributed by atoms with van der Waals surface area (Å²) in [5.74, 6) is -0.472. The first kappa shape index (κ1) is 12.2. The molecule has 16 heavy (non-hydrogen) atoms. The Labute approximate surface area is 93.9 Å². The molecule has 4 heteroatoms. The van der Waals surface area contributed by atoms with Gasteiger partial charge in [-0.1, -0.05) is 6.07 Å². The summed E-state index contributed by atoms with van der Waals surface area (Å²) in [4.78, 5) is 21.9. The fraction of sp³-hybridized carbons (Fsp3) is 0.333. The van der Waals surface area contributed by atoms with Crippen molar-refractivity contribution in [3.8, 4) is 11.5 Å². The van der Waals surface area contributed by atoms with Crippen LogP contribution in [0, 0.1) is 13.8 Å². The minimum atomic E-state index is -0.612. The zero-order valence-electron chi connectivity index (χ0n) is 9.53. The molecule has 0 heterocycles. The van der Waals surface area contributed by atoms with E-state index >= 15 is 0 Å². The second-order valence-electron chi connectivity index (χ2n) is 3.71. The van der Waals surface area contributed by atoms with Crippen molar-refractivity contribution < 1.29 is 19.4 Å². The van der Waals surface area contributed by atoms with E-state index < -0.39 is 5.97 Å². The molecular formula is C12H14O4. The van der Waals surface area contributed by atoms with Crippen molar-refractivity contribution in [1.29, 1.82) is 0 Å². The zero-order chi connectivity index (χ0) is 12.3. The largest absolute Gasteiger partial charge is 0.507 e. The van der Waals surface area contributed by atoms with Crippen molar-refractivity contribution in [3.63, 3.8) is 0 Å². The third-order valence-corrected chi connectivity index (χ3v) is 2.20. The molecule has 0 unspecified atom stereocenters. The molecule has 0 aromatic heterocycles. The molecule has 86 valence electrons. The molecule has 0 spiro atoms. The first-order valence-corrected chi connectivity index (χ1v) is 4.91. The third-order valence-electron chi connectivity index (χ3n) is 2.20. The number of rotatable bonds is 3. The van der Waals surface area contributed by atoms with E-state index in [0.717, 1.165) is 0 Å². The van der Waals surface area contributed by atoms with Crippen LogP contribution in [0.15, 0.2) is 12.1 Å². The first-order valence-electron chi connectivity index (χ1n) is 4.91. The fourth-order valence-electron chi connectivity index (χ4n) is 1.29. The predicted molar refractivity (Wildman–Crippen MR) is 58.5 cm³/mol. The lowest BCUT2D eigenvalue weighted by molar-refractivity contribution is -0.137. The molecule has 0 fully saturated rings. The smallest absolute Gasteiger partial charge is 0.318 e. The Morgan fingerprint density at radius 2 is 1.94 bits per heavy atom. The van der Waals surface area contributed by atoms with Crippen LogP contribution in [0.1, 0.15) is 24.5 Å². The summed E-state index contributed by atoms with van der Waals surface area (Å²) in [6, 6.07) is 3.25. The number of carbonyl (C=O) groups is 2. The maximum absolute atomic E-state index is 11.2. The summed E-state index contributed by atoms with van der Waals surface area (Å²) in [7, 11) is 0. The lowest BCUT2D eigenvalue weighted by Gasteiger charge is -2.09. The van der Waals surface area contributed by atoms with Crippen LogP contribution in [-0.2, 0) is 9.59 Å². The number of phenolic OH excluding ortho intramolecular Hbond substituents is 1. The van der Waals surface area contributed by atoms with E-state index in [4.69, 9.17) is 4.74 Å². The van der Waals surface area contributed by atoms with Crippen molar-refractivity contribution in [1.82, 2.24) is 0 Å². The highest BCUT2D eigenvalue weighted by Crippen LogP contribution is 2.29. The van der Waals surface area contributed by atoms with Crippen LogP contribution in [0.2, 0.25) is 0 Å². The Balaban J connectivity index is 2.86. The van der Waals surface area contributed by atoms with E-state index in [1.165, 1.54) is 6.92 Å². The molecule has 1 rings (SSSR count). The summed E-state index contributed by atoms with van der Waals surface area (Å²) in [6.45, 7) is 4.73. The van der Waals surface area contributed by atoms with Crippen LogP contribution in [0.25, 0.3) is 0 Å². The van der Waals surface area contributed by atoms with Gasteiger partial charge >= 0.3 is 5.97 Å². The van der Waals surface area contributed by atoms with Crippen molar-refractivity contribution in [2.75, 3.05) is 0 Å². The van der Waals surface area contributed by atoms with Crippen LogP contribution in [-0.4, -0.2) is 16.9 Å². The molecule has 0 saturated carbocycles. The number of carbonyl (C=O) groups excluding carboxylic acids is 2. The fourth-order valence-corrected chi connectivity index (χ4v) is 1.29. The van der Waals surface area contributed by atoms with E-state index in [0.29, 0.717) is 11.1 Å². The number of ketones is 1. The van der Waals surface area contributed by atoms with Crippen molar-refractivity contribution in [3.05, 3.63) is 23.3 Å². The van der Waals surface area contributed by atoms with Gasteiger partial charge < -0.3 is 9.84 Å². The van der Waals surface area contributed by atoms with Gasteiger partial charge in [-0.15, -0.1) is 0 Å². The van der Waals surface area contributed by atoms with Gasteiger partial charge in [-0.2, -0.15) is 0 Å². The van der Waals surface area contributed by atoms with Crippen molar-refractivity contribution >= 4 is 11.8 Å². The Kier molecular flexibility index (Phi) is 3.66. The average Bonchev–Trinajstić information content (AvgIpc) is 2.18. The molecule has 0 radical (unpaired) electrons. The van der Waals surface area contributed by atoms with E-state index in [1.54, 1.807) is 26.0 Å². The molecule has 1 aromatic carbocycles. The Morgan fingerprint density at radius 3 is 2.50 bits per heavy atom. The van der Waals surface area contributed by atoms with Gasteiger partial charge in [0, 0.05) is 5.56 Å². The molecule has 1 aromatic rings. The van der Waals surface area contributed by atoms with Gasteiger partial charge in [0.2, 0.25) is 0 Å². The van der Waals surface area contributed by atoms with E-state index in [-0.39, 0.29) is 23.7 Å². The highest BCUT2D eigenvalue weighted by Gasteiger charge is 2.12. The molecule has 0 aliphatic heterocycles. The lowest BCUT2D eigenvalue weighted by Crippen LogP contribution is -2.12. The van der Waals surface area contributed by atoms with Gasteiger partial charge in [-0.05, 0) is 32.4 Å². The molecule has 0 atom stereocenters. The van der Waals surface area contributed by atoms with E-state index in [2.05, 4.69) is 0 Å². The summed E-state index contributed by atoms with van der Waals surface area (Å²) in [5, 5.41) is 9.62. The number of hydrogen-bond acceptors (Lipinski definition) is 4. The van der Waals surface area contributed by atoms with Crippen LogP contribution in [0.4, 0.5) is 0 Å². The van der Waals surface area contributed by atoms with E-state index in [1.807, 2.05) is 0 Å². The third kappa shape index (κ3) is 2.82. The Hall–Kier alpha value is -1.84. The van der Waals surface area contributed by atoms with Gasteiger partial charge in [0.25, 0.3) is 0 Å². The SMILES string of the molecule is CC(=O)CC(=O)Oc1ccc(C)c(O)c1C. The molecule has 0 aliphatic carbocycles. The minimum absolute atomic E-state index is 0.105. The van der Waals surface area contributed by atoms with Crippen molar-refractivity contribution in [2.45, 2.75) is 27.2 Å². The molecule has 0 aliphatic rings. The zero-order valence-corrected chi connectivity index (χ0v) is 9.53. The minimum Gasteiger partial charge on any atom is -0.507 e. The normalized spacial score (nSPS) is 9.94. The Bertz CT molecular complexity index is 435. The second-order valence-corrected chi connectivity index (χ2v) is 3.71. The quantitative estimate of drug-likeness (QED) is 0.482. The standard InChI is InChI=1S/C12H14O4/c1-7-4-5-10(9(3)12(7)15)16-11(14)6-8(2)13/h4-5,15H,6H2,1-3H3. The number of ether oxygens (including phenoxy) is 1. The van der Waals surface area contributed by atoms with Gasteiger partial charge in [0.15, 0.2) is 0 Å². The van der Waals surface area contributed by atoms with Crippen LogP contribution >= 0.6 is 0 Å². The molecule has 0 bridgehead atoms. The maximum Gasteiger partial charge on any atom is 0.318 e. The molecule has 0 saturated heterocycles. The molecule has 4 nitrogen and oxygen atoms in total. The highest BCUT2D eigenvalue weighted by molar-refractivity contribution is 5.95. The number of Topliss-reactive ketones (excluding diaryl/α,β-unsaturated/α-hetero) is 1. The number of esters is 1. The Morgan fingerprint density at radius 1 is 1.31 bits per heavy atom. The molecule has 0 amide bonds. The number of aromatic hydroxyl groups is 1. The van der Waals surface area contributed by atoms with Gasteiger partial charge in [-0.3, -0.25) is 9.59 Å². The average molecular weight is 222 g/mol. The number of benzene rings is 1. The molecule has 1 N–H and O–H groups in total. The van der Waals surface area contributed by atoms with E-state index in [9.17, 15) is 14.7 Å². The highest BCUT2D eigenvalue weighted by atomic mass is 16.5. The number of phenols is 1. The summed E-state index contributed by atoms with van der Waals surface area (Å²) >= 11 is 0. The van der Waals surface area contributed by atoms with Crippen LogP contribution < -0.4 is 4.74 Å². The number of aryl methyl sites for hydroxylation is 1. The van der Waals surface area contributed by atoms with Gasteiger partial charge in [0.05, 0.1) is 0 Å². The summed E-state index contributed by atoms with van der Waals surface area (Å²) in [5.41, 5.74) is 1.21. The molecular weight excluding hydrogens is 208 g/mol. The monoisotopic (exact) mass is 222 g/mol. The number of hydrogen-bond donors (Lipinski definition) is 1.